The normalized spacial score (nSPS) is 11.4. The molecule has 7 heteroatoms. The van der Waals surface area contributed by atoms with Crippen LogP contribution in [0.4, 0.5) is 0 Å². The van der Waals surface area contributed by atoms with Gasteiger partial charge in [0.05, 0.1) is 24.0 Å². The Morgan fingerprint density at radius 2 is 2.04 bits per heavy atom. The summed E-state index contributed by atoms with van der Waals surface area (Å²) in [6.45, 7) is 4.14. The maximum absolute atomic E-state index is 12.7. The number of aromatic nitrogens is 4. The second kappa shape index (κ2) is 5.38. The standard InChI is InChI=1S/C17H14N4O2S/c1-10-11(2)24-16-15(10)17(23)20(9-18-16)8-12-7-14(22)21-6-4-3-5-13(21)19-12/h3-7,9H,8H2,1-2H3. The highest BCUT2D eigenvalue weighted by atomic mass is 32.1. The molecule has 0 bridgehead atoms. The molecular formula is C17H14N4O2S. The van der Waals surface area contributed by atoms with Gasteiger partial charge in [-0.1, -0.05) is 6.07 Å². The second-order valence-corrected chi connectivity index (χ2v) is 6.86. The van der Waals surface area contributed by atoms with E-state index < -0.39 is 0 Å². The third-order valence-electron chi connectivity index (χ3n) is 4.11. The fraction of sp³-hybridized carbons (Fsp3) is 0.176. The third-order valence-corrected chi connectivity index (χ3v) is 5.23. The lowest BCUT2D eigenvalue weighted by molar-refractivity contribution is 0.727. The van der Waals surface area contributed by atoms with Crippen molar-refractivity contribution >= 4 is 27.2 Å². The molecule has 4 heterocycles. The molecule has 0 radical (unpaired) electrons. The molecule has 120 valence electrons. The van der Waals surface area contributed by atoms with Crippen molar-refractivity contribution in [1.82, 2.24) is 18.9 Å². The number of rotatable bonds is 2. The molecule has 0 unspecified atom stereocenters. The first-order chi connectivity index (χ1) is 11.5. The smallest absolute Gasteiger partial charge is 0.262 e. The number of nitrogens with zero attached hydrogens (tertiary/aromatic N) is 4. The van der Waals surface area contributed by atoms with Gasteiger partial charge >= 0.3 is 0 Å². The van der Waals surface area contributed by atoms with Crippen LogP contribution in [-0.2, 0) is 6.54 Å². The van der Waals surface area contributed by atoms with E-state index in [0.29, 0.717) is 16.7 Å². The molecule has 4 rings (SSSR count). The number of pyridine rings is 1. The maximum Gasteiger partial charge on any atom is 0.262 e. The van der Waals surface area contributed by atoms with Crippen LogP contribution < -0.4 is 11.1 Å². The molecule has 0 saturated carbocycles. The van der Waals surface area contributed by atoms with Crippen LogP contribution in [0.2, 0.25) is 0 Å². The second-order valence-electron chi connectivity index (χ2n) is 5.66. The molecule has 0 aliphatic heterocycles. The highest BCUT2D eigenvalue weighted by Crippen LogP contribution is 2.25. The Labute approximate surface area is 140 Å². The predicted octanol–water partition coefficient (Wildman–Crippen LogP) is 2.13. The number of fused-ring (bicyclic) bond motifs is 2. The molecule has 0 amide bonds. The molecule has 24 heavy (non-hydrogen) atoms. The first-order valence-electron chi connectivity index (χ1n) is 7.47. The average molecular weight is 338 g/mol. The van der Waals surface area contributed by atoms with E-state index in [0.717, 1.165) is 15.3 Å². The van der Waals surface area contributed by atoms with E-state index in [-0.39, 0.29) is 17.7 Å². The molecule has 0 N–H and O–H groups in total. The largest absolute Gasteiger partial charge is 0.293 e. The zero-order valence-corrected chi connectivity index (χ0v) is 14.0. The molecule has 0 fully saturated rings. The molecule has 4 aromatic heterocycles. The van der Waals surface area contributed by atoms with Crippen molar-refractivity contribution < 1.29 is 0 Å². The maximum atomic E-state index is 12.7. The topological polar surface area (TPSA) is 69.3 Å². The summed E-state index contributed by atoms with van der Waals surface area (Å²) in [5.74, 6) is 0. The Morgan fingerprint density at radius 3 is 2.88 bits per heavy atom. The van der Waals surface area contributed by atoms with Crippen molar-refractivity contribution in [2.45, 2.75) is 20.4 Å². The van der Waals surface area contributed by atoms with Gasteiger partial charge in [-0.15, -0.1) is 11.3 Å². The molecule has 0 aliphatic rings. The Morgan fingerprint density at radius 1 is 1.21 bits per heavy atom. The van der Waals surface area contributed by atoms with Crippen LogP contribution in [0.5, 0.6) is 0 Å². The third kappa shape index (κ3) is 2.25. The molecular weight excluding hydrogens is 324 g/mol. The lowest BCUT2D eigenvalue weighted by atomic mass is 10.2. The van der Waals surface area contributed by atoms with E-state index >= 15 is 0 Å². The molecule has 4 aromatic rings. The quantitative estimate of drug-likeness (QED) is 0.561. The summed E-state index contributed by atoms with van der Waals surface area (Å²) in [7, 11) is 0. The summed E-state index contributed by atoms with van der Waals surface area (Å²) in [4.78, 5) is 35.6. The van der Waals surface area contributed by atoms with Crippen LogP contribution >= 0.6 is 11.3 Å². The first-order valence-corrected chi connectivity index (χ1v) is 8.29. The van der Waals surface area contributed by atoms with Crippen LogP contribution in [0.1, 0.15) is 16.1 Å². The predicted molar refractivity (Wildman–Crippen MR) is 93.9 cm³/mol. The van der Waals surface area contributed by atoms with E-state index in [1.165, 1.54) is 32.7 Å². The lowest BCUT2D eigenvalue weighted by Crippen LogP contribution is -2.23. The number of hydrogen-bond donors (Lipinski definition) is 0. The summed E-state index contributed by atoms with van der Waals surface area (Å²) < 4.78 is 2.98. The Bertz CT molecular complexity index is 1200. The van der Waals surface area contributed by atoms with Crippen molar-refractivity contribution in [3.05, 3.63) is 73.6 Å². The van der Waals surface area contributed by atoms with E-state index in [1.54, 1.807) is 18.3 Å². The van der Waals surface area contributed by atoms with Crippen LogP contribution in [0, 0.1) is 13.8 Å². The van der Waals surface area contributed by atoms with Crippen molar-refractivity contribution in [2.75, 3.05) is 0 Å². The minimum atomic E-state index is -0.166. The minimum absolute atomic E-state index is 0.100. The van der Waals surface area contributed by atoms with Gasteiger partial charge in [-0.05, 0) is 31.5 Å². The van der Waals surface area contributed by atoms with Gasteiger partial charge < -0.3 is 0 Å². The molecule has 0 aromatic carbocycles. The molecule has 0 atom stereocenters. The lowest BCUT2D eigenvalue weighted by Gasteiger charge is -2.06. The van der Waals surface area contributed by atoms with Crippen LogP contribution in [0.15, 0.2) is 46.4 Å². The number of hydrogen-bond acceptors (Lipinski definition) is 5. The summed E-state index contributed by atoms with van der Waals surface area (Å²) in [5, 5.41) is 0.650. The average Bonchev–Trinajstić information content (AvgIpc) is 2.86. The zero-order valence-electron chi connectivity index (χ0n) is 13.2. The van der Waals surface area contributed by atoms with Gasteiger partial charge in [-0.2, -0.15) is 0 Å². The van der Waals surface area contributed by atoms with Gasteiger partial charge in [0.1, 0.15) is 10.5 Å². The van der Waals surface area contributed by atoms with Crippen LogP contribution in [0.3, 0.4) is 0 Å². The fourth-order valence-corrected chi connectivity index (χ4v) is 3.73. The molecule has 0 spiro atoms. The van der Waals surface area contributed by atoms with Gasteiger partial charge in [0.15, 0.2) is 0 Å². The first kappa shape index (κ1) is 14.8. The van der Waals surface area contributed by atoms with Crippen molar-refractivity contribution in [3.8, 4) is 0 Å². The molecule has 0 aliphatic carbocycles. The SMILES string of the molecule is Cc1sc2ncn(Cc3cc(=O)n4ccccc4n3)c(=O)c2c1C. The van der Waals surface area contributed by atoms with Gasteiger partial charge in [0.2, 0.25) is 0 Å². The summed E-state index contributed by atoms with van der Waals surface area (Å²) in [5.41, 5.74) is 1.80. The van der Waals surface area contributed by atoms with Gasteiger partial charge in [-0.3, -0.25) is 18.6 Å². The van der Waals surface area contributed by atoms with Crippen molar-refractivity contribution in [3.63, 3.8) is 0 Å². The van der Waals surface area contributed by atoms with Crippen molar-refractivity contribution in [2.24, 2.45) is 0 Å². The van der Waals surface area contributed by atoms with Crippen molar-refractivity contribution in [1.29, 1.82) is 0 Å². The van der Waals surface area contributed by atoms with E-state index in [2.05, 4.69) is 9.97 Å². The van der Waals surface area contributed by atoms with Crippen LogP contribution in [0.25, 0.3) is 15.9 Å². The minimum Gasteiger partial charge on any atom is -0.293 e. The molecule has 6 nitrogen and oxygen atoms in total. The van der Waals surface area contributed by atoms with E-state index in [1.807, 2.05) is 19.9 Å². The Balaban J connectivity index is 1.85. The number of aryl methyl sites for hydroxylation is 2. The summed E-state index contributed by atoms with van der Waals surface area (Å²) >= 11 is 1.52. The highest BCUT2D eigenvalue weighted by Gasteiger charge is 2.13. The zero-order chi connectivity index (χ0) is 16.8. The summed E-state index contributed by atoms with van der Waals surface area (Å²) in [6.07, 6.45) is 3.19. The number of thiophene rings is 1. The summed E-state index contributed by atoms with van der Waals surface area (Å²) in [6, 6.07) is 6.82. The van der Waals surface area contributed by atoms with Gasteiger partial charge in [-0.25, -0.2) is 9.97 Å². The van der Waals surface area contributed by atoms with E-state index in [4.69, 9.17) is 0 Å². The van der Waals surface area contributed by atoms with E-state index in [9.17, 15) is 9.59 Å². The monoisotopic (exact) mass is 338 g/mol. The van der Waals surface area contributed by atoms with Gasteiger partial charge in [0, 0.05) is 17.1 Å². The fourth-order valence-electron chi connectivity index (χ4n) is 2.74. The Kier molecular flexibility index (Phi) is 3.31. The van der Waals surface area contributed by atoms with Crippen LogP contribution in [-0.4, -0.2) is 18.9 Å². The highest BCUT2D eigenvalue weighted by molar-refractivity contribution is 7.18. The molecule has 0 saturated heterocycles. The Hall–Kier alpha value is -2.80. The van der Waals surface area contributed by atoms with Gasteiger partial charge in [0.25, 0.3) is 11.1 Å².